The minimum absolute atomic E-state index is 0.415. The summed E-state index contributed by atoms with van der Waals surface area (Å²) in [6.45, 7) is 1.06. The number of hydrogen-bond donors (Lipinski definition) is 1. The maximum atomic E-state index is 11.8. The lowest BCUT2D eigenvalue weighted by Crippen LogP contribution is -2.27. The van der Waals surface area contributed by atoms with Gasteiger partial charge in [0.05, 0.1) is 10.8 Å². The van der Waals surface area contributed by atoms with Gasteiger partial charge in [-0.2, -0.15) is 0 Å². The van der Waals surface area contributed by atoms with Crippen LogP contribution in [0.1, 0.15) is 12.8 Å². The normalized spacial score (nSPS) is 23.6. The van der Waals surface area contributed by atoms with Crippen molar-refractivity contribution in [2.75, 3.05) is 12.3 Å². The van der Waals surface area contributed by atoms with Gasteiger partial charge in [-0.25, -0.2) is 4.98 Å². The number of nitrogens with one attached hydrogen (secondary N) is 1. The minimum atomic E-state index is -0.947. The molecular formula is C10H14N2OS. The zero-order valence-corrected chi connectivity index (χ0v) is 8.80. The van der Waals surface area contributed by atoms with Gasteiger partial charge in [0.2, 0.25) is 0 Å². The Labute approximate surface area is 86.4 Å². The topological polar surface area (TPSA) is 42.0 Å². The Kier molecular flexibility index (Phi) is 3.26. The van der Waals surface area contributed by atoms with Crippen molar-refractivity contribution < 1.29 is 4.21 Å². The summed E-state index contributed by atoms with van der Waals surface area (Å²) in [6, 6.07) is 5.96. The third-order valence-electron chi connectivity index (χ3n) is 2.39. The van der Waals surface area contributed by atoms with Gasteiger partial charge in [0, 0.05) is 18.0 Å². The number of nitrogens with zero attached hydrogens (tertiary/aromatic N) is 1. The summed E-state index contributed by atoms with van der Waals surface area (Å²) in [5.41, 5.74) is 0. The molecule has 76 valence electrons. The highest BCUT2D eigenvalue weighted by atomic mass is 32.2. The van der Waals surface area contributed by atoms with E-state index >= 15 is 0 Å². The van der Waals surface area contributed by atoms with E-state index in [1.807, 2.05) is 18.2 Å². The summed E-state index contributed by atoms with van der Waals surface area (Å²) >= 11 is 0. The largest absolute Gasteiger partial charge is 0.313 e. The van der Waals surface area contributed by atoms with Gasteiger partial charge in [-0.3, -0.25) is 4.21 Å². The average molecular weight is 210 g/mol. The van der Waals surface area contributed by atoms with Gasteiger partial charge in [-0.15, -0.1) is 0 Å². The first-order valence-electron chi connectivity index (χ1n) is 4.89. The Balaban J connectivity index is 1.95. The monoisotopic (exact) mass is 210 g/mol. The first kappa shape index (κ1) is 9.80. The Bertz CT molecular complexity index is 309. The van der Waals surface area contributed by atoms with Crippen LogP contribution in [-0.4, -0.2) is 27.5 Å². The summed E-state index contributed by atoms with van der Waals surface area (Å²) in [4.78, 5) is 4.09. The van der Waals surface area contributed by atoms with Crippen LogP contribution >= 0.6 is 0 Å². The molecule has 0 radical (unpaired) electrons. The Morgan fingerprint density at radius 2 is 2.50 bits per heavy atom. The molecule has 0 saturated carbocycles. The van der Waals surface area contributed by atoms with E-state index < -0.39 is 10.8 Å². The van der Waals surface area contributed by atoms with Crippen LogP contribution in [-0.2, 0) is 10.8 Å². The molecule has 2 atom stereocenters. The smallest absolute Gasteiger partial charge is 0.127 e. The molecule has 0 aromatic carbocycles. The summed E-state index contributed by atoms with van der Waals surface area (Å²) in [5, 5.41) is 4.03. The van der Waals surface area contributed by atoms with Crippen LogP contribution in [0.15, 0.2) is 29.4 Å². The van der Waals surface area contributed by atoms with E-state index in [4.69, 9.17) is 0 Å². The van der Waals surface area contributed by atoms with E-state index in [1.165, 1.54) is 6.42 Å². The van der Waals surface area contributed by atoms with Crippen LogP contribution in [0.25, 0.3) is 0 Å². The standard InChI is InChI=1S/C10H14N2OS/c13-14(8-9-4-3-7-11-9)10-5-1-2-6-12-10/h1-2,5-6,9,11H,3-4,7-8H2. The van der Waals surface area contributed by atoms with Crippen LogP contribution in [0.3, 0.4) is 0 Å². The number of pyridine rings is 1. The highest BCUT2D eigenvalue weighted by molar-refractivity contribution is 7.85. The molecule has 0 bridgehead atoms. The highest BCUT2D eigenvalue weighted by Crippen LogP contribution is 2.09. The van der Waals surface area contributed by atoms with Crippen molar-refractivity contribution in [2.45, 2.75) is 23.9 Å². The van der Waals surface area contributed by atoms with Crippen LogP contribution in [0.5, 0.6) is 0 Å². The van der Waals surface area contributed by atoms with Crippen molar-refractivity contribution in [2.24, 2.45) is 0 Å². The van der Waals surface area contributed by atoms with E-state index in [-0.39, 0.29) is 0 Å². The fraction of sp³-hybridized carbons (Fsp3) is 0.500. The quantitative estimate of drug-likeness (QED) is 0.807. The first-order valence-corrected chi connectivity index (χ1v) is 6.21. The lowest BCUT2D eigenvalue weighted by Gasteiger charge is -2.08. The predicted molar refractivity (Wildman–Crippen MR) is 56.5 cm³/mol. The van der Waals surface area contributed by atoms with Crippen LogP contribution in [0, 0.1) is 0 Å². The van der Waals surface area contributed by atoms with Crippen molar-refractivity contribution >= 4 is 10.8 Å². The number of hydrogen-bond acceptors (Lipinski definition) is 3. The zero-order valence-electron chi connectivity index (χ0n) is 7.98. The summed E-state index contributed by atoms with van der Waals surface area (Å²) in [6.07, 6.45) is 4.03. The number of aromatic nitrogens is 1. The Hall–Kier alpha value is -0.740. The van der Waals surface area contributed by atoms with E-state index in [9.17, 15) is 4.21 Å². The molecule has 1 aromatic rings. The molecule has 4 heteroatoms. The SMILES string of the molecule is O=S(CC1CCCN1)c1ccccn1. The highest BCUT2D eigenvalue weighted by Gasteiger charge is 2.17. The van der Waals surface area contributed by atoms with Crippen LogP contribution < -0.4 is 5.32 Å². The molecule has 0 amide bonds. The van der Waals surface area contributed by atoms with Gasteiger partial charge >= 0.3 is 0 Å². The van der Waals surface area contributed by atoms with Crippen molar-refractivity contribution in [3.8, 4) is 0 Å². The maximum Gasteiger partial charge on any atom is 0.127 e. The Morgan fingerprint density at radius 3 is 3.14 bits per heavy atom. The first-order chi connectivity index (χ1) is 6.86. The second kappa shape index (κ2) is 4.66. The summed E-state index contributed by atoms with van der Waals surface area (Å²) in [7, 11) is -0.947. The van der Waals surface area contributed by atoms with Crippen LogP contribution in [0.2, 0.25) is 0 Å². The molecule has 1 aromatic heterocycles. The second-order valence-corrected chi connectivity index (χ2v) is 4.92. The predicted octanol–water partition coefficient (Wildman–Crippen LogP) is 0.941. The molecule has 2 unspecified atom stereocenters. The molecule has 0 spiro atoms. The fourth-order valence-electron chi connectivity index (χ4n) is 1.65. The maximum absolute atomic E-state index is 11.8. The third kappa shape index (κ3) is 2.39. The molecule has 3 nitrogen and oxygen atoms in total. The van der Waals surface area contributed by atoms with Gasteiger partial charge in [0.25, 0.3) is 0 Å². The molecule has 2 heterocycles. The molecular weight excluding hydrogens is 196 g/mol. The third-order valence-corrected chi connectivity index (χ3v) is 3.80. The Morgan fingerprint density at radius 1 is 1.57 bits per heavy atom. The molecule has 1 aliphatic rings. The van der Waals surface area contributed by atoms with Gasteiger partial charge in [0.1, 0.15) is 5.03 Å². The number of rotatable bonds is 3. The summed E-state index contributed by atoms with van der Waals surface area (Å²) in [5.74, 6) is 0.691. The van der Waals surface area contributed by atoms with Gasteiger partial charge in [0.15, 0.2) is 0 Å². The van der Waals surface area contributed by atoms with Crippen LogP contribution in [0.4, 0.5) is 0 Å². The van der Waals surface area contributed by atoms with E-state index in [0.717, 1.165) is 13.0 Å². The molecule has 1 saturated heterocycles. The van der Waals surface area contributed by atoms with E-state index in [2.05, 4.69) is 10.3 Å². The molecule has 14 heavy (non-hydrogen) atoms. The molecule has 1 fully saturated rings. The lowest BCUT2D eigenvalue weighted by atomic mass is 10.3. The lowest BCUT2D eigenvalue weighted by molar-refractivity contribution is 0.641. The summed E-state index contributed by atoms with van der Waals surface area (Å²) < 4.78 is 11.8. The molecule has 1 aliphatic heterocycles. The van der Waals surface area contributed by atoms with E-state index in [0.29, 0.717) is 16.8 Å². The minimum Gasteiger partial charge on any atom is -0.313 e. The van der Waals surface area contributed by atoms with Crippen molar-refractivity contribution in [1.29, 1.82) is 0 Å². The zero-order chi connectivity index (χ0) is 9.80. The van der Waals surface area contributed by atoms with Crippen molar-refractivity contribution in [3.05, 3.63) is 24.4 Å². The van der Waals surface area contributed by atoms with Gasteiger partial charge in [-0.1, -0.05) is 6.07 Å². The second-order valence-electron chi connectivity index (χ2n) is 3.47. The molecule has 2 rings (SSSR count). The van der Waals surface area contributed by atoms with Gasteiger partial charge in [-0.05, 0) is 31.5 Å². The van der Waals surface area contributed by atoms with Crippen molar-refractivity contribution in [3.63, 3.8) is 0 Å². The van der Waals surface area contributed by atoms with Gasteiger partial charge < -0.3 is 5.32 Å². The molecule has 0 aliphatic carbocycles. The van der Waals surface area contributed by atoms with Crippen molar-refractivity contribution in [1.82, 2.24) is 10.3 Å². The van der Waals surface area contributed by atoms with E-state index in [1.54, 1.807) is 6.20 Å². The average Bonchev–Trinajstić information content (AvgIpc) is 2.72. The fourth-order valence-corrected chi connectivity index (χ4v) is 2.88. The molecule has 1 N–H and O–H groups in total.